The molecule has 28 heavy (non-hydrogen) atoms. The van der Waals surface area contributed by atoms with Crippen LogP contribution in [0.4, 0.5) is 4.39 Å². The highest BCUT2D eigenvalue weighted by molar-refractivity contribution is 7.20. The van der Waals surface area contributed by atoms with Crippen molar-refractivity contribution in [2.75, 3.05) is 39.4 Å². The number of carbonyl (C=O) groups is 1. The normalized spacial score (nSPS) is 15.2. The van der Waals surface area contributed by atoms with Gasteiger partial charge in [0.15, 0.2) is 0 Å². The van der Waals surface area contributed by atoms with Crippen LogP contribution < -0.4 is 5.32 Å². The zero-order valence-corrected chi connectivity index (χ0v) is 16.6. The van der Waals surface area contributed by atoms with Crippen molar-refractivity contribution in [3.05, 3.63) is 46.7 Å². The summed E-state index contributed by atoms with van der Waals surface area (Å²) >= 11 is 1.41. The van der Waals surface area contributed by atoms with Gasteiger partial charge in [-0.1, -0.05) is 0 Å². The van der Waals surface area contributed by atoms with Crippen molar-refractivity contribution in [2.45, 2.75) is 13.3 Å². The van der Waals surface area contributed by atoms with Crippen molar-refractivity contribution < 1.29 is 13.9 Å². The van der Waals surface area contributed by atoms with Crippen molar-refractivity contribution in [1.82, 2.24) is 20.0 Å². The number of rotatable bonds is 6. The molecule has 0 spiro atoms. The Hall–Kier alpha value is -2.29. The van der Waals surface area contributed by atoms with E-state index in [0.717, 1.165) is 60.9 Å². The lowest BCUT2D eigenvalue weighted by Gasteiger charge is -2.26. The molecule has 1 aromatic carbocycles. The van der Waals surface area contributed by atoms with Gasteiger partial charge in [0, 0.05) is 25.0 Å². The highest BCUT2D eigenvalue weighted by atomic mass is 32.1. The topological polar surface area (TPSA) is 59.4 Å². The van der Waals surface area contributed by atoms with E-state index in [-0.39, 0.29) is 11.7 Å². The molecule has 6 nitrogen and oxygen atoms in total. The molecule has 1 saturated heterocycles. The van der Waals surface area contributed by atoms with Crippen LogP contribution in [-0.4, -0.2) is 60.0 Å². The number of nitrogens with zero attached hydrogens (tertiary/aromatic N) is 3. The summed E-state index contributed by atoms with van der Waals surface area (Å²) in [7, 11) is 0. The van der Waals surface area contributed by atoms with Crippen LogP contribution in [0.2, 0.25) is 0 Å². The van der Waals surface area contributed by atoms with E-state index in [0.29, 0.717) is 11.4 Å². The number of hydrogen-bond acceptors (Lipinski definition) is 5. The molecule has 3 heterocycles. The molecule has 1 aliphatic heterocycles. The first kappa shape index (κ1) is 19.0. The van der Waals surface area contributed by atoms with Crippen LogP contribution in [0.1, 0.15) is 21.8 Å². The highest BCUT2D eigenvalue weighted by Crippen LogP contribution is 2.30. The van der Waals surface area contributed by atoms with E-state index in [9.17, 15) is 9.18 Å². The molecule has 0 atom stereocenters. The maximum Gasteiger partial charge on any atom is 0.261 e. The summed E-state index contributed by atoms with van der Waals surface area (Å²) in [5.74, 6) is -0.347. The average Bonchev–Trinajstić information content (AvgIpc) is 3.27. The van der Waals surface area contributed by atoms with Crippen LogP contribution >= 0.6 is 11.3 Å². The predicted molar refractivity (Wildman–Crippen MR) is 108 cm³/mol. The number of hydrogen-bond donors (Lipinski definition) is 1. The summed E-state index contributed by atoms with van der Waals surface area (Å²) in [5, 5.41) is 8.50. The second-order valence-electron chi connectivity index (χ2n) is 6.87. The third kappa shape index (κ3) is 4.09. The number of fused-ring (bicyclic) bond motifs is 1. The molecule has 2 aromatic heterocycles. The van der Waals surface area contributed by atoms with Gasteiger partial charge in [0.05, 0.1) is 29.5 Å². The van der Waals surface area contributed by atoms with Crippen molar-refractivity contribution in [3.8, 4) is 5.69 Å². The van der Waals surface area contributed by atoms with Gasteiger partial charge < -0.3 is 10.1 Å². The molecule has 0 saturated carbocycles. The molecule has 3 aromatic rings. The predicted octanol–water partition coefficient (Wildman–Crippen LogP) is 2.99. The molecular weight excluding hydrogens is 379 g/mol. The third-order valence-corrected chi connectivity index (χ3v) is 5.99. The lowest BCUT2D eigenvalue weighted by atomic mass is 10.3. The second-order valence-corrected chi connectivity index (χ2v) is 7.90. The first-order valence-corrected chi connectivity index (χ1v) is 10.3. The summed E-state index contributed by atoms with van der Waals surface area (Å²) in [6.07, 6.45) is 0.916. The number of aromatic nitrogens is 2. The third-order valence-electron chi connectivity index (χ3n) is 4.88. The fourth-order valence-corrected chi connectivity index (χ4v) is 4.43. The SMILES string of the molecule is Cc1nn(-c2ccc(F)cc2)c2sc(C(=O)NCCCN3CCOCC3)cc12. The van der Waals surface area contributed by atoms with Crippen molar-refractivity contribution in [2.24, 2.45) is 0 Å². The summed E-state index contributed by atoms with van der Waals surface area (Å²) in [6, 6.07) is 8.08. The van der Waals surface area contributed by atoms with Gasteiger partial charge in [-0.2, -0.15) is 5.10 Å². The minimum absolute atomic E-state index is 0.0618. The van der Waals surface area contributed by atoms with Gasteiger partial charge in [-0.3, -0.25) is 9.69 Å². The van der Waals surface area contributed by atoms with Crippen LogP contribution in [-0.2, 0) is 4.74 Å². The Morgan fingerprint density at radius 1 is 1.29 bits per heavy atom. The molecule has 1 aliphatic rings. The van der Waals surface area contributed by atoms with Crippen molar-refractivity contribution in [1.29, 1.82) is 0 Å². The molecule has 0 radical (unpaired) electrons. The van der Waals surface area contributed by atoms with Gasteiger partial charge in [0.1, 0.15) is 10.6 Å². The minimum atomic E-state index is -0.285. The summed E-state index contributed by atoms with van der Waals surface area (Å²) in [5.41, 5.74) is 1.63. The number of halogens is 1. The fourth-order valence-electron chi connectivity index (χ4n) is 3.33. The van der Waals surface area contributed by atoms with E-state index < -0.39 is 0 Å². The first-order valence-electron chi connectivity index (χ1n) is 9.45. The maximum absolute atomic E-state index is 13.2. The van der Waals surface area contributed by atoms with Gasteiger partial charge in [-0.15, -0.1) is 11.3 Å². The van der Waals surface area contributed by atoms with E-state index in [4.69, 9.17) is 4.74 Å². The Bertz CT molecular complexity index is 961. The van der Waals surface area contributed by atoms with Gasteiger partial charge in [0.2, 0.25) is 0 Å². The first-order chi connectivity index (χ1) is 13.6. The Labute approximate surface area is 166 Å². The quantitative estimate of drug-likeness (QED) is 0.644. The molecule has 8 heteroatoms. The summed E-state index contributed by atoms with van der Waals surface area (Å²) in [6.45, 7) is 7.03. The van der Waals surface area contributed by atoms with Crippen molar-refractivity contribution >= 4 is 27.5 Å². The number of amides is 1. The zero-order valence-electron chi connectivity index (χ0n) is 15.8. The monoisotopic (exact) mass is 402 g/mol. The largest absolute Gasteiger partial charge is 0.379 e. The van der Waals surface area contributed by atoms with Crippen molar-refractivity contribution in [3.63, 3.8) is 0 Å². The van der Waals surface area contributed by atoms with Gasteiger partial charge in [-0.05, 0) is 50.2 Å². The fraction of sp³-hybridized carbons (Fsp3) is 0.400. The Morgan fingerprint density at radius 2 is 2.04 bits per heavy atom. The van der Waals surface area contributed by atoms with E-state index >= 15 is 0 Å². The van der Waals surface area contributed by atoms with Crippen LogP contribution in [0.15, 0.2) is 30.3 Å². The number of carbonyl (C=O) groups excluding carboxylic acids is 1. The van der Waals surface area contributed by atoms with E-state index in [1.54, 1.807) is 16.8 Å². The standard InChI is InChI=1S/C20H23FN4O2S/c1-14-17-13-18(19(26)22-7-2-8-24-9-11-27-12-10-24)28-20(17)25(23-14)16-5-3-15(21)4-6-16/h3-6,13H,2,7-12H2,1H3,(H,22,26). The molecule has 1 N–H and O–H groups in total. The zero-order chi connectivity index (χ0) is 19.5. The van der Waals surface area contributed by atoms with Crippen LogP contribution in [0.3, 0.4) is 0 Å². The summed E-state index contributed by atoms with van der Waals surface area (Å²) in [4.78, 5) is 16.5. The Balaban J connectivity index is 1.41. The van der Waals surface area contributed by atoms with E-state index in [1.807, 2.05) is 13.0 Å². The molecule has 0 bridgehead atoms. The maximum atomic E-state index is 13.2. The second kappa shape index (κ2) is 8.38. The van der Waals surface area contributed by atoms with Gasteiger partial charge >= 0.3 is 0 Å². The molecule has 0 aliphatic carbocycles. The van der Waals surface area contributed by atoms with E-state index in [1.165, 1.54) is 23.5 Å². The van der Waals surface area contributed by atoms with Crippen LogP contribution in [0.5, 0.6) is 0 Å². The van der Waals surface area contributed by atoms with Gasteiger partial charge in [0.25, 0.3) is 5.91 Å². The van der Waals surface area contributed by atoms with Crippen LogP contribution in [0.25, 0.3) is 15.9 Å². The molecule has 1 fully saturated rings. The Morgan fingerprint density at radius 3 is 2.79 bits per heavy atom. The number of aryl methyl sites for hydroxylation is 1. The average molecular weight is 402 g/mol. The lowest BCUT2D eigenvalue weighted by Crippen LogP contribution is -2.38. The number of nitrogens with one attached hydrogen (secondary N) is 1. The minimum Gasteiger partial charge on any atom is -0.379 e. The smallest absolute Gasteiger partial charge is 0.261 e. The molecular formula is C20H23FN4O2S. The highest BCUT2D eigenvalue weighted by Gasteiger charge is 2.17. The number of benzene rings is 1. The van der Waals surface area contributed by atoms with E-state index in [2.05, 4.69) is 15.3 Å². The molecule has 0 unspecified atom stereocenters. The number of morpholine rings is 1. The van der Waals surface area contributed by atoms with Crippen LogP contribution in [0, 0.1) is 12.7 Å². The number of ether oxygens (including phenoxy) is 1. The summed E-state index contributed by atoms with van der Waals surface area (Å²) < 4.78 is 20.3. The molecule has 4 rings (SSSR count). The molecule has 1 amide bonds. The molecule has 148 valence electrons. The Kier molecular flexibility index (Phi) is 5.70. The lowest BCUT2D eigenvalue weighted by molar-refractivity contribution is 0.0374. The number of thiophene rings is 1. The van der Waals surface area contributed by atoms with Gasteiger partial charge in [-0.25, -0.2) is 9.07 Å².